The Morgan fingerprint density at radius 2 is 1.95 bits per heavy atom. The van der Waals surface area contributed by atoms with E-state index in [-0.39, 0.29) is 5.38 Å². The van der Waals surface area contributed by atoms with E-state index in [1.165, 1.54) is 5.56 Å². The molecule has 0 spiro atoms. The lowest BCUT2D eigenvalue weighted by Gasteiger charge is -2.16. The van der Waals surface area contributed by atoms with E-state index in [9.17, 15) is 0 Å². The third kappa shape index (κ3) is 2.33. The lowest BCUT2D eigenvalue weighted by Crippen LogP contribution is -1.99. The molecule has 0 saturated carbocycles. The van der Waals surface area contributed by atoms with Gasteiger partial charge in [0.1, 0.15) is 5.75 Å². The molecule has 2 aromatic carbocycles. The molecule has 3 heteroatoms. The second-order valence-corrected chi connectivity index (χ2v) is 5.67. The first-order chi connectivity index (χ1) is 9.16. The average molecular weight is 293 g/mol. The van der Waals surface area contributed by atoms with Crippen molar-refractivity contribution in [2.75, 3.05) is 6.61 Å². The van der Waals surface area contributed by atoms with E-state index in [1.807, 2.05) is 24.3 Å². The summed E-state index contributed by atoms with van der Waals surface area (Å²) in [5.74, 6) is 0.910. The van der Waals surface area contributed by atoms with Crippen LogP contribution < -0.4 is 4.74 Å². The lowest BCUT2D eigenvalue weighted by atomic mass is 9.97. The predicted octanol–water partition coefficient (Wildman–Crippen LogP) is 4.91. The fourth-order valence-electron chi connectivity index (χ4n) is 2.52. The third-order valence-electron chi connectivity index (χ3n) is 3.51. The fraction of sp³-hybridized carbons (Fsp3) is 0.250. The van der Waals surface area contributed by atoms with E-state index < -0.39 is 0 Å². The van der Waals surface area contributed by atoms with E-state index in [0.717, 1.165) is 33.9 Å². The Balaban J connectivity index is 2.10. The highest BCUT2D eigenvalue weighted by atomic mass is 35.5. The van der Waals surface area contributed by atoms with E-state index >= 15 is 0 Å². The molecule has 0 N–H and O–H groups in total. The van der Waals surface area contributed by atoms with Gasteiger partial charge < -0.3 is 4.74 Å². The van der Waals surface area contributed by atoms with Crippen molar-refractivity contribution in [1.82, 2.24) is 0 Å². The van der Waals surface area contributed by atoms with Gasteiger partial charge in [0.25, 0.3) is 0 Å². The van der Waals surface area contributed by atoms with Crippen molar-refractivity contribution < 1.29 is 4.74 Å². The molecule has 1 nitrogen and oxygen atoms in total. The number of hydrogen-bond acceptors (Lipinski definition) is 1. The Kier molecular flexibility index (Phi) is 3.42. The first-order valence-electron chi connectivity index (χ1n) is 6.31. The van der Waals surface area contributed by atoms with Crippen LogP contribution in [0.15, 0.2) is 36.4 Å². The molecule has 0 aliphatic carbocycles. The number of alkyl halides is 1. The molecular formula is C16H14Cl2O. The molecule has 19 heavy (non-hydrogen) atoms. The molecule has 0 fully saturated rings. The highest BCUT2D eigenvalue weighted by Gasteiger charge is 2.23. The smallest absolute Gasteiger partial charge is 0.127 e. The van der Waals surface area contributed by atoms with Crippen LogP contribution in [0, 0.1) is 6.92 Å². The Morgan fingerprint density at radius 1 is 1.16 bits per heavy atom. The molecule has 1 aliphatic rings. The van der Waals surface area contributed by atoms with Gasteiger partial charge in [-0.1, -0.05) is 35.9 Å². The van der Waals surface area contributed by atoms with Crippen LogP contribution in [-0.2, 0) is 6.42 Å². The number of fused-ring (bicyclic) bond motifs is 1. The molecule has 98 valence electrons. The highest BCUT2D eigenvalue weighted by Crippen LogP contribution is 2.42. The third-order valence-corrected chi connectivity index (χ3v) is 4.20. The van der Waals surface area contributed by atoms with Crippen molar-refractivity contribution in [1.29, 1.82) is 0 Å². The molecule has 0 saturated heterocycles. The fourth-order valence-corrected chi connectivity index (χ4v) is 3.18. The number of ether oxygens (including phenoxy) is 1. The SMILES string of the molecule is Cc1ccccc1C(Cl)c1cc(Cl)cc2c1OCC2. The van der Waals surface area contributed by atoms with Gasteiger partial charge in [-0.05, 0) is 35.7 Å². The minimum atomic E-state index is -0.230. The molecule has 0 bridgehead atoms. The van der Waals surface area contributed by atoms with Crippen molar-refractivity contribution in [3.63, 3.8) is 0 Å². The summed E-state index contributed by atoms with van der Waals surface area (Å²) in [6, 6.07) is 12.0. The maximum absolute atomic E-state index is 6.65. The van der Waals surface area contributed by atoms with Gasteiger partial charge in [-0.25, -0.2) is 0 Å². The van der Waals surface area contributed by atoms with Crippen LogP contribution in [0.25, 0.3) is 0 Å². The monoisotopic (exact) mass is 292 g/mol. The quantitative estimate of drug-likeness (QED) is 0.715. The summed E-state index contributed by atoms with van der Waals surface area (Å²) in [4.78, 5) is 0. The Hall–Kier alpha value is -1.18. The Bertz CT molecular complexity index is 622. The van der Waals surface area contributed by atoms with Crippen molar-refractivity contribution in [3.8, 4) is 5.75 Å². The second kappa shape index (κ2) is 5.07. The molecule has 0 amide bonds. The lowest BCUT2D eigenvalue weighted by molar-refractivity contribution is 0.353. The van der Waals surface area contributed by atoms with Gasteiger partial charge >= 0.3 is 0 Å². The van der Waals surface area contributed by atoms with E-state index in [0.29, 0.717) is 6.61 Å². The molecular weight excluding hydrogens is 279 g/mol. The maximum Gasteiger partial charge on any atom is 0.127 e. The van der Waals surface area contributed by atoms with Gasteiger partial charge in [0.15, 0.2) is 0 Å². The summed E-state index contributed by atoms with van der Waals surface area (Å²) in [5.41, 5.74) is 4.40. The first kappa shape index (κ1) is 12.8. The van der Waals surface area contributed by atoms with Crippen LogP contribution in [0.3, 0.4) is 0 Å². The normalized spacial score (nSPS) is 14.9. The minimum absolute atomic E-state index is 0.230. The molecule has 1 heterocycles. The van der Waals surface area contributed by atoms with Gasteiger partial charge in [0.05, 0.1) is 12.0 Å². The number of hydrogen-bond donors (Lipinski definition) is 0. The zero-order valence-electron chi connectivity index (χ0n) is 10.6. The topological polar surface area (TPSA) is 9.23 Å². The zero-order chi connectivity index (χ0) is 13.4. The number of benzene rings is 2. The maximum atomic E-state index is 6.65. The zero-order valence-corrected chi connectivity index (χ0v) is 12.1. The molecule has 1 unspecified atom stereocenters. The number of aryl methyl sites for hydroxylation is 1. The van der Waals surface area contributed by atoms with Gasteiger partial charge in [-0.3, -0.25) is 0 Å². The van der Waals surface area contributed by atoms with Crippen LogP contribution in [-0.4, -0.2) is 6.61 Å². The first-order valence-corrected chi connectivity index (χ1v) is 7.13. The molecule has 1 atom stereocenters. The Labute approximate surface area is 123 Å². The van der Waals surface area contributed by atoms with Gasteiger partial charge in [-0.15, -0.1) is 11.6 Å². The Morgan fingerprint density at radius 3 is 2.74 bits per heavy atom. The second-order valence-electron chi connectivity index (χ2n) is 4.80. The van der Waals surface area contributed by atoms with Crippen LogP contribution >= 0.6 is 23.2 Å². The summed E-state index contributed by atoms with van der Waals surface area (Å²) in [6.45, 7) is 2.77. The summed E-state index contributed by atoms with van der Waals surface area (Å²) in [5, 5.41) is 0.491. The average Bonchev–Trinajstić information content (AvgIpc) is 2.85. The predicted molar refractivity (Wildman–Crippen MR) is 79.5 cm³/mol. The van der Waals surface area contributed by atoms with Crippen molar-refractivity contribution in [2.24, 2.45) is 0 Å². The van der Waals surface area contributed by atoms with Crippen LogP contribution in [0.4, 0.5) is 0 Å². The minimum Gasteiger partial charge on any atom is -0.493 e. The van der Waals surface area contributed by atoms with E-state index in [4.69, 9.17) is 27.9 Å². The summed E-state index contributed by atoms with van der Waals surface area (Å²) < 4.78 is 5.72. The summed E-state index contributed by atoms with van der Waals surface area (Å²) in [7, 11) is 0. The number of rotatable bonds is 2. The van der Waals surface area contributed by atoms with Gasteiger partial charge in [0.2, 0.25) is 0 Å². The van der Waals surface area contributed by atoms with Gasteiger partial charge in [0, 0.05) is 17.0 Å². The van der Waals surface area contributed by atoms with E-state index in [1.54, 1.807) is 0 Å². The van der Waals surface area contributed by atoms with Crippen molar-refractivity contribution in [3.05, 3.63) is 63.7 Å². The van der Waals surface area contributed by atoms with Crippen LogP contribution in [0.5, 0.6) is 5.75 Å². The largest absolute Gasteiger partial charge is 0.493 e. The van der Waals surface area contributed by atoms with Crippen LogP contribution in [0.2, 0.25) is 5.02 Å². The van der Waals surface area contributed by atoms with Crippen molar-refractivity contribution >= 4 is 23.2 Å². The van der Waals surface area contributed by atoms with E-state index in [2.05, 4.69) is 19.1 Å². The highest BCUT2D eigenvalue weighted by molar-refractivity contribution is 6.31. The standard InChI is InChI=1S/C16H14Cl2O/c1-10-4-2-3-5-13(10)15(18)14-9-12(17)8-11-6-7-19-16(11)14/h2-5,8-9,15H,6-7H2,1H3. The summed E-state index contributed by atoms with van der Waals surface area (Å²) in [6.07, 6.45) is 0.903. The van der Waals surface area contributed by atoms with Gasteiger partial charge in [-0.2, -0.15) is 0 Å². The molecule has 0 radical (unpaired) electrons. The van der Waals surface area contributed by atoms with Crippen molar-refractivity contribution in [2.45, 2.75) is 18.7 Å². The van der Waals surface area contributed by atoms with Crippen LogP contribution in [0.1, 0.15) is 27.6 Å². The molecule has 0 aromatic heterocycles. The molecule has 3 rings (SSSR count). The molecule has 1 aliphatic heterocycles. The number of halogens is 2. The molecule has 2 aromatic rings. The summed E-state index contributed by atoms with van der Waals surface area (Å²) >= 11 is 12.8.